The summed E-state index contributed by atoms with van der Waals surface area (Å²) >= 11 is 4.64. The molecule has 258 valence electrons. The molecule has 0 atom stereocenters. The average Bonchev–Trinajstić information content (AvgIpc) is 3.45. The van der Waals surface area contributed by atoms with Crippen LogP contribution in [0.3, 0.4) is 0 Å². The Hall–Kier alpha value is -0.363. The molecule has 0 spiro atoms. The van der Waals surface area contributed by atoms with Crippen LogP contribution in [0.25, 0.3) is 11.5 Å². The molecule has 2 aromatic heterocycles. The van der Waals surface area contributed by atoms with Crippen molar-refractivity contribution in [3.63, 3.8) is 0 Å². The van der Waals surface area contributed by atoms with Crippen molar-refractivity contribution in [3.8, 4) is 0 Å². The van der Waals surface area contributed by atoms with E-state index in [4.69, 9.17) is 21.7 Å². The van der Waals surface area contributed by atoms with Gasteiger partial charge in [-0.2, -0.15) is 0 Å². The van der Waals surface area contributed by atoms with Crippen molar-refractivity contribution in [1.29, 1.82) is 0 Å². The van der Waals surface area contributed by atoms with Gasteiger partial charge in [0.15, 0.2) is 0 Å². The monoisotopic (exact) mass is 952 g/mol. The van der Waals surface area contributed by atoms with Gasteiger partial charge in [-0.1, -0.05) is 64.2 Å². The van der Waals surface area contributed by atoms with E-state index in [1.165, 1.54) is 71.8 Å². The number of unbranched alkanes of at least 4 members (excludes halogenated alkanes) is 3. The van der Waals surface area contributed by atoms with E-state index >= 15 is 0 Å². The molecule has 4 N–H and O–H groups in total. The van der Waals surface area contributed by atoms with E-state index in [0.717, 1.165) is 38.8 Å². The molecule has 0 aliphatic heterocycles. The summed E-state index contributed by atoms with van der Waals surface area (Å²) in [5.41, 5.74) is 14.5. The Kier molecular flexibility index (Phi) is 30.9. The van der Waals surface area contributed by atoms with Crippen LogP contribution >= 0.6 is 0 Å². The van der Waals surface area contributed by atoms with Crippen LogP contribution in [-0.4, -0.2) is 53.8 Å². The van der Waals surface area contributed by atoms with Crippen molar-refractivity contribution in [2.24, 2.45) is 0 Å². The number of aryl methyl sites for hydroxylation is 2. The van der Waals surface area contributed by atoms with Crippen LogP contribution in [0.5, 0.6) is 0 Å². The molecule has 2 fully saturated rings. The van der Waals surface area contributed by atoms with Crippen molar-refractivity contribution in [2.45, 2.75) is 128 Å². The molecule has 0 bridgehead atoms. The smallest absolute Gasteiger partial charge is 0.0534 e. The zero-order valence-electron chi connectivity index (χ0n) is 26.9. The van der Waals surface area contributed by atoms with Gasteiger partial charge in [0, 0.05) is 0 Å². The van der Waals surface area contributed by atoms with Gasteiger partial charge in [0.1, 0.15) is 0 Å². The van der Waals surface area contributed by atoms with Crippen molar-refractivity contribution in [3.05, 3.63) is 73.6 Å². The van der Waals surface area contributed by atoms with Gasteiger partial charge in [-0.05, 0) is 0 Å². The number of aromatic nitrogens is 4. The van der Waals surface area contributed by atoms with Crippen molar-refractivity contribution in [2.75, 3.05) is 13.2 Å². The van der Waals surface area contributed by atoms with Gasteiger partial charge < -0.3 is 41.2 Å². The van der Waals surface area contributed by atoms with Crippen LogP contribution in [0, 0.1) is 37.3 Å². The largest absolute Gasteiger partial charge is 0.675 e. The maximum atomic E-state index is 9.02. The maximum absolute atomic E-state index is 9.02. The van der Waals surface area contributed by atoms with Gasteiger partial charge in [-0.25, -0.2) is 0 Å². The molecular formula is C32H62N6O2Pt2-6. The zero-order valence-corrected chi connectivity index (χ0v) is 31.5. The molecule has 2 saturated carbocycles. The molecule has 0 radical (unpaired) electrons. The van der Waals surface area contributed by atoms with Gasteiger partial charge >= 0.3 is 165 Å². The fourth-order valence-corrected chi connectivity index (χ4v) is 6.55. The molecule has 8 nitrogen and oxygen atoms in total. The third-order valence-corrected chi connectivity index (χ3v) is 9.78. The van der Waals surface area contributed by atoms with E-state index in [-0.39, 0.29) is 55.0 Å². The van der Waals surface area contributed by atoms with E-state index in [2.05, 4.69) is 69.4 Å². The Balaban J connectivity index is -0.000000698. The minimum Gasteiger partial charge on any atom is -0.675 e. The molecule has 4 rings (SSSR count). The molecule has 0 aromatic carbocycles. The van der Waals surface area contributed by atoms with Gasteiger partial charge in [-0.3, -0.25) is 0 Å². The fourth-order valence-electron chi connectivity index (χ4n) is 4.86. The molecular weight excluding hydrogens is 891 g/mol. The first-order chi connectivity index (χ1) is 18.5. The quantitative estimate of drug-likeness (QED) is 0.177. The average molecular weight is 953 g/mol. The summed E-state index contributed by atoms with van der Waals surface area (Å²) in [6, 6.07) is 0.572. The molecule has 10 heteroatoms. The van der Waals surface area contributed by atoms with Gasteiger partial charge in [-0.15, -0.1) is 12.1 Å². The number of aliphatic hydroxyl groups is 2. The first-order valence-electron chi connectivity index (χ1n) is 14.5. The summed E-state index contributed by atoms with van der Waals surface area (Å²) in [6.07, 6.45) is 25.6. The van der Waals surface area contributed by atoms with Crippen molar-refractivity contribution in [1.82, 2.24) is 18.3 Å². The minimum absolute atomic E-state index is 0. The van der Waals surface area contributed by atoms with Crippen LogP contribution in [-0.2, 0) is 64.9 Å². The molecule has 42 heavy (non-hydrogen) atoms. The molecule has 0 amide bonds. The van der Waals surface area contributed by atoms with Gasteiger partial charge in [0.25, 0.3) is 0 Å². The van der Waals surface area contributed by atoms with E-state index in [1.54, 1.807) is 0 Å². The van der Waals surface area contributed by atoms with E-state index < -0.39 is 0 Å². The number of nitrogens with zero attached hydrogens (tertiary/aromatic N) is 4. The number of hydrogen-bond acceptors (Lipinski definition) is 2. The van der Waals surface area contributed by atoms with Crippen LogP contribution in [0.15, 0.2) is 24.8 Å². The maximum Gasteiger partial charge on any atom is -0.0534 e. The van der Waals surface area contributed by atoms with Crippen molar-refractivity contribution < 1.29 is 48.9 Å². The summed E-state index contributed by atoms with van der Waals surface area (Å²) < 4.78 is 11.0. The topological polar surface area (TPSA) is 108 Å². The second kappa shape index (κ2) is 28.1. The minimum atomic E-state index is 0. The Morgan fingerprint density at radius 1 is 0.524 bits per heavy atom. The molecule has 2 aliphatic carbocycles. The van der Waals surface area contributed by atoms with E-state index in [0.29, 0.717) is 13.1 Å². The SMILES string of the molecule is OCCn1ccn(CCCCCCn2ccn(CCO)[c]2=[Pt])[c]1=[Pt].[CH3-].[CH3-].[CH3-].[CH3-].[NH-]C1CCCCC1.[NH-]C1CCCCC1. The number of nitrogens with one attached hydrogen (secondary N) is 2. The summed E-state index contributed by atoms with van der Waals surface area (Å²) in [4.78, 5) is 0. The third kappa shape index (κ3) is 18.4. The van der Waals surface area contributed by atoms with Crippen LogP contribution in [0.4, 0.5) is 0 Å². The number of rotatable bonds is 11. The summed E-state index contributed by atoms with van der Waals surface area (Å²) in [5.74, 6) is 0. The Bertz CT molecular complexity index is 894. The Morgan fingerprint density at radius 3 is 1.05 bits per heavy atom. The first-order valence-corrected chi connectivity index (χ1v) is 16.8. The number of imidazole rings is 2. The van der Waals surface area contributed by atoms with Gasteiger partial charge in [0.05, 0.1) is 0 Å². The zero-order chi connectivity index (χ0) is 27.6. The molecule has 2 heterocycles. The van der Waals surface area contributed by atoms with Crippen LogP contribution < -0.4 is 0 Å². The molecule has 2 aliphatic rings. The Labute approximate surface area is 280 Å². The summed E-state index contributed by atoms with van der Waals surface area (Å²) in [5, 5.41) is 18.0. The van der Waals surface area contributed by atoms with Gasteiger partial charge in [0.2, 0.25) is 0 Å². The normalized spacial score (nSPS) is 15.0. The Morgan fingerprint density at radius 2 is 0.810 bits per heavy atom. The fraction of sp³-hybridized carbons (Fsp3) is 0.688. The molecule has 0 saturated heterocycles. The molecule has 0 unspecified atom stereocenters. The third-order valence-electron chi connectivity index (χ3n) is 7.17. The van der Waals surface area contributed by atoms with E-state index in [1.807, 2.05) is 12.4 Å². The van der Waals surface area contributed by atoms with E-state index in [9.17, 15) is 0 Å². The summed E-state index contributed by atoms with van der Waals surface area (Å²) in [7, 11) is 0. The van der Waals surface area contributed by atoms with Crippen LogP contribution in [0.1, 0.15) is 89.9 Å². The summed E-state index contributed by atoms with van der Waals surface area (Å²) in [6.45, 7) is 3.77. The predicted octanol–water partition coefficient (Wildman–Crippen LogP) is 7.84. The number of aliphatic hydroxyl groups excluding tert-OH is 2. The second-order valence-electron chi connectivity index (χ2n) is 10.4. The van der Waals surface area contributed by atoms with Crippen LogP contribution in [0.2, 0.25) is 0 Å². The standard InChI is InChI=1S/C16H26N4O2.2C6H12N.4CH3.2Pt/c21-13-11-19-9-7-17(15-19)5-3-1-2-4-6-18-8-10-20(16-18)12-14-22;2*7-6-4-2-1-3-5-6;;;;;;/h7-10,21-22H,1-6,11-14H2;2*6-7H,1-5H2;4*1H3;;/q;6*-1;;. The second-order valence-corrected chi connectivity index (χ2v) is 12.4. The number of hydrogen-bond donors (Lipinski definition) is 2. The molecule has 2 aromatic rings. The predicted molar refractivity (Wildman–Crippen MR) is 172 cm³/mol. The first kappa shape index (κ1) is 46.1. The van der Waals surface area contributed by atoms with Crippen molar-refractivity contribution >= 4 is 0 Å².